The Morgan fingerprint density at radius 3 is 2.38 bits per heavy atom. The Morgan fingerprint density at radius 1 is 0.971 bits per heavy atom. The Labute approximate surface area is 203 Å². The molecule has 2 aromatic carbocycles. The molecule has 6 heteroatoms. The molecule has 0 aliphatic carbocycles. The van der Waals surface area contributed by atoms with Crippen molar-refractivity contribution in [3.63, 3.8) is 0 Å². The number of amides is 1. The maximum absolute atomic E-state index is 12.9. The van der Waals surface area contributed by atoms with Gasteiger partial charge in [-0.05, 0) is 68.1 Å². The monoisotopic (exact) mass is 464 g/mol. The molecule has 0 spiro atoms. The summed E-state index contributed by atoms with van der Waals surface area (Å²) in [7, 11) is 5.03. The third kappa shape index (κ3) is 6.41. The fourth-order valence-electron chi connectivity index (χ4n) is 3.83. The van der Waals surface area contributed by atoms with Gasteiger partial charge in [-0.15, -0.1) is 0 Å². The second-order valence-electron chi connectivity index (χ2n) is 8.86. The molecule has 0 saturated heterocycles. The van der Waals surface area contributed by atoms with Gasteiger partial charge in [0.05, 0.1) is 20.8 Å². The van der Waals surface area contributed by atoms with Gasteiger partial charge in [-0.25, -0.2) is 0 Å². The number of carbonyl (C=O) groups is 1. The lowest BCUT2D eigenvalue weighted by atomic mass is 10.1. The maximum Gasteiger partial charge on any atom is 0.289 e. The van der Waals surface area contributed by atoms with Crippen molar-refractivity contribution in [3.8, 4) is 11.5 Å². The van der Waals surface area contributed by atoms with Gasteiger partial charge in [0.15, 0.2) is 17.3 Å². The fraction of sp³-hybridized carbons (Fsp3) is 0.393. The second kappa shape index (κ2) is 11.7. The summed E-state index contributed by atoms with van der Waals surface area (Å²) in [5.74, 6) is 2.41. The minimum atomic E-state index is -0.123. The van der Waals surface area contributed by atoms with Crippen LogP contribution in [0.2, 0.25) is 0 Å². The summed E-state index contributed by atoms with van der Waals surface area (Å²) < 4.78 is 16.6. The smallest absolute Gasteiger partial charge is 0.289 e. The van der Waals surface area contributed by atoms with Crippen molar-refractivity contribution in [3.05, 3.63) is 82.8 Å². The Bertz CT molecular complexity index is 1090. The molecule has 1 amide bonds. The first-order valence-corrected chi connectivity index (χ1v) is 11.7. The highest BCUT2D eigenvalue weighted by atomic mass is 16.5. The van der Waals surface area contributed by atoms with Gasteiger partial charge in [0.25, 0.3) is 5.91 Å². The van der Waals surface area contributed by atoms with Crippen molar-refractivity contribution < 1.29 is 18.7 Å². The van der Waals surface area contributed by atoms with Crippen molar-refractivity contribution >= 4 is 5.91 Å². The number of benzene rings is 2. The number of rotatable bonds is 11. The lowest BCUT2D eigenvalue weighted by Crippen LogP contribution is -2.30. The van der Waals surface area contributed by atoms with Crippen molar-refractivity contribution in [1.82, 2.24) is 9.80 Å². The number of hydrogen-bond donors (Lipinski definition) is 0. The van der Waals surface area contributed by atoms with Crippen molar-refractivity contribution in [2.24, 2.45) is 0 Å². The molecule has 1 aromatic heterocycles. The van der Waals surface area contributed by atoms with E-state index in [0.29, 0.717) is 42.8 Å². The first-order chi connectivity index (χ1) is 16.3. The van der Waals surface area contributed by atoms with Gasteiger partial charge < -0.3 is 18.8 Å². The topological polar surface area (TPSA) is 55.2 Å². The molecule has 0 radical (unpaired) electrons. The van der Waals surface area contributed by atoms with Crippen LogP contribution in [0.1, 0.15) is 46.9 Å². The van der Waals surface area contributed by atoms with E-state index in [1.54, 1.807) is 32.2 Å². The van der Waals surface area contributed by atoms with Crippen LogP contribution in [0.3, 0.4) is 0 Å². The molecule has 0 aliphatic rings. The molecule has 34 heavy (non-hydrogen) atoms. The summed E-state index contributed by atoms with van der Waals surface area (Å²) >= 11 is 0. The molecule has 182 valence electrons. The van der Waals surface area contributed by atoms with Gasteiger partial charge in [0, 0.05) is 26.2 Å². The zero-order valence-electron chi connectivity index (χ0n) is 21.1. The molecule has 3 aromatic rings. The van der Waals surface area contributed by atoms with Crippen LogP contribution >= 0.6 is 0 Å². The molecular weight excluding hydrogens is 428 g/mol. The molecule has 0 aliphatic heterocycles. The average molecular weight is 465 g/mol. The first kappa shape index (κ1) is 25.4. The van der Waals surface area contributed by atoms with Gasteiger partial charge in [-0.3, -0.25) is 9.69 Å². The highest BCUT2D eigenvalue weighted by Crippen LogP contribution is 2.27. The summed E-state index contributed by atoms with van der Waals surface area (Å²) in [6.45, 7) is 8.53. The second-order valence-corrected chi connectivity index (χ2v) is 8.86. The van der Waals surface area contributed by atoms with Crippen LogP contribution in [-0.4, -0.2) is 49.6 Å². The predicted molar refractivity (Wildman–Crippen MR) is 134 cm³/mol. The van der Waals surface area contributed by atoms with Crippen molar-refractivity contribution in [2.75, 3.05) is 27.8 Å². The Kier molecular flexibility index (Phi) is 8.77. The number of ether oxygens (including phenoxy) is 2. The molecule has 3 rings (SSSR count). The summed E-state index contributed by atoms with van der Waals surface area (Å²) in [6.07, 6.45) is 0.702. The standard InChI is InChI=1S/C28H36N2O4/c1-20(2)30(18-23-10-8-7-9-21(23)3)19-24-12-14-26(34-24)28(31)29(4)16-15-22-11-13-25(32-5)27(17-22)33-6/h7-14,17,20H,15-16,18-19H2,1-6H3. The summed E-state index contributed by atoms with van der Waals surface area (Å²) in [4.78, 5) is 17.0. The van der Waals surface area contributed by atoms with Gasteiger partial charge in [0.1, 0.15) is 5.76 Å². The SMILES string of the molecule is COc1ccc(CCN(C)C(=O)c2ccc(CN(Cc3ccccc3C)C(C)C)o2)cc1OC. The Morgan fingerprint density at radius 2 is 1.71 bits per heavy atom. The fourth-order valence-corrected chi connectivity index (χ4v) is 3.83. The molecule has 0 atom stereocenters. The first-order valence-electron chi connectivity index (χ1n) is 11.7. The number of carbonyl (C=O) groups excluding carboxylic acids is 1. The van der Waals surface area contributed by atoms with Gasteiger partial charge >= 0.3 is 0 Å². The number of hydrogen-bond acceptors (Lipinski definition) is 5. The number of furan rings is 1. The lowest BCUT2D eigenvalue weighted by Gasteiger charge is -2.26. The van der Waals surface area contributed by atoms with Gasteiger partial charge in [-0.2, -0.15) is 0 Å². The molecule has 6 nitrogen and oxygen atoms in total. The highest BCUT2D eigenvalue weighted by molar-refractivity contribution is 5.91. The number of methoxy groups -OCH3 is 2. The van der Waals surface area contributed by atoms with Gasteiger partial charge in [0.2, 0.25) is 0 Å². The predicted octanol–water partition coefficient (Wildman–Crippen LogP) is 5.33. The van der Waals surface area contributed by atoms with Crippen molar-refractivity contribution in [1.29, 1.82) is 0 Å². The van der Waals surface area contributed by atoms with E-state index in [4.69, 9.17) is 13.9 Å². The van der Waals surface area contributed by atoms with Crippen molar-refractivity contribution in [2.45, 2.75) is 46.3 Å². The van der Waals surface area contributed by atoms with Crippen LogP contribution in [0.4, 0.5) is 0 Å². The molecule has 0 saturated carbocycles. The van der Waals surface area contributed by atoms with Gasteiger partial charge in [-0.1, -0.05) is 30.3 Å². The van der Waals surface area contributed by atoms with Crippen LogP contribution in [0.15, 0.2) is 59.0 Å². The summed E-state index contributed by atoms with van der Waals surface area (Å²) in [6, 6.07) is 18.3. The van der Waals surface area contributed by atoms with E-state index in [2.05, 4.69) is 49.9 Å². The maximum atomic E-state index is 12.9. The summed E-state index contributed by atoms with van der Waals surface area (Å²) in [5, 5.41) is 0. The zero-order chi connectivity index (χ0) is 24.7. The highest BCUT2D eigenvalue weighted by Gasteiger charge is 2.19. The molecular formula is C28H36N2O4. The number of nitrogens with zero attached hydrogens (tertiary/aromatic N) is 2. The Balaban J connectivity index is 1.60. The quantitative estimate of drug-likeness (QED) is 0.384. The van der Waals surface area contributed by atoms with Crippen LogP contribution in [-0.2, 0) is 19.5 Å². The van der Waals surface area contributed by atoms with E-state index in [1.807, 2.05) is 24.3 Å². The normalized spacial score (nSPS) is 11.2. The van der Waals surface area contributed by atoms with Crippen LogP contribution in [0.25, 0.3) is 0 Å². The summed E-state index contributed by atoms with van der Waals surface area (Å²) in [5.41, 5.74) is 3.65. The number of likely N-dealkylation sites (N-methyl/N-ethyl adjacent to an activating group) is 1. The molecule has 1 heterocycles. The van der Waals surface area contributed by atoms with Crippen LogP contribution in [0.5, 0.6) is 11.5 Å². The van der Waals surface area contributed by atoms with Crippen LogP contribution in [0, 0.1) is 6.92 Å². The minimum absolute atomic E-state index is 0.123. The van der Waals surface area contributed by atoms with E-state index in [1.165, 1.54) is 11.1 Å². The lowest BCUT2D eigenvalue weighted by molar-refractivity contribution is 0.0760. The van der Waals surface area contributed by atoms with E-state index < -0.39 is 0 Å². The molecule has 0 fully saturated rings. The minimum Gasteiger partial charge on any atom is -0.493 e. The third-order valence-electron chi connectivity index (χ3n) is 6.13. The van der Waals surface area contributed by atoms with E-state index in [0.717, 1.165) is 17.9 Å². The largest absolute Gasteiger partial charge is 0.493 e. The zero-order valence-corrected chi connectivity index (χ0v) is 21.1. The Hall–Kier alpha value is -3.25. The third-order valence-corrected chi connectivity index (χ3v) is 6.13. The van der Waals surface area contributed by atoms with E-state index in [-0.39, 0.29) is 5.91 Å². The molecule has 0 bridgehead atoms. The average Bonchev–Trinajstić information content (AvgIpc) is 3.31. The molecule has 0 unspecified atom stereocenters. The van der Waals surface area contributed by atoms with Crippen LogP contribution < -0.4 is 9.47 Å². The number of aryl methyl sites for hydroxylation is 1. The van der Waals surface area contributed by atoms with E-state index in [9.17, 15) is 4.79 Å². The molecule has 0 N–H and O–H groups in total. The van der Waals surface area contributed by atoms with E-state index >= 15 is 0 Å².